The number of carbonyl (C=O) groups is 1. The summed E-state index contributed by atoms with van der Waals surface area (Å²) < 4.78 is 5.51. The van der Waals surface area contributed by atoms with E-state index in [9.17, 15) is 4.79 Å². The molecule has 7 heteroatoms. The first-order valence-electron chi connectivity index (χ1n) is 8.47. The molecule has 2 rings (SSSR count). The van der Waals surface area contributed by atoms with Crippen LogP contribution in [0.2, 0.25) is 15.1 Å². The van der Waals surface area contributed by atoms with Crippen molar-refractivity contribution in [3.8, 4) is 0 Å². The van der Waals surface area contributed by atoms with Crippen molar-refractivity contribution in [2.24, 2.45) is 0 Å². The van der Waals surface area contributed by atoms with Crippen LogP contribution in [0.25, 0.3) is 0 Å². The summed E-state index contributed by atoms with van der Waals surface area (Å²) in [5.74, 6) is 0. The van der Waals surface area contributed by atoms with E-state index in [1.165, 1.54) is 0 Å². The third-order valence-electron chi connectivity index (χ3n) is 4.03. The number of hydrogen-bond acceptors (Lipinski definition) is 3. The lowest BCUT2D eigenvalue weighted by Crippen LogP contribution is -2.41. The molecule has 25 heavy (non-hydrogen) atoms. The minimum absolute atomic E-state index is 0.0872. The predicted molar refractivity (Wildman–Crippen MR) is 105 cm³/mol. The van der Waals surface area contributed by atoms with E-state index in [-0.39, 0.29) is 18.2 Å². The Morgan fingerprint density at radius 3 is 2.48 bits per heavy atom. The third-order valence-corrected chi connectivity index (χ3v) is 4.84. The Labute approximate surface area is 164 Å². The van der Waals surface area contributed by atoms with E-state index < -0.39 is 5.60 Å². The summed E-state index contributed by atoms with van der Waals surface area (Å²) in [5, 5.41) is 4.81. The van der Waals surface area contributed by atoms with Gasteiger partial charge >= 0.3 is 6.09 Å². The number of anilines is 1. The van der Waals surface area contributed by atoms with Crippen LogP contribution in [0.5, 0.6) is 0 Å². The average molecular weight is 408 g/mol. The summed E-state index contributed by atoms with van der Waals surface area (Å²) >= 11 is 18.4. The molecule has 1 aromatic rings. The quantitative estimate of drug-likeness (QED) is 0.642. The fourth-order valence-electron chi connectivity index (χ4n) is 3.04. The lowest BCUT2D eigenvalue weighted by Gasteiger charge is -2.30. The lowest BCUT2D eigenvalue weighted by molar-refractivity contribution is 0.0218. The number of carbonyl (C=O) groups excluding carboxylic acids is 1. The van der Waals surface area contributed by atoms with Crippen LogP contribution in [0.15, 0.2) is 12.1 Å². The summed E-state index contributed by atoms with van der Waals surface area (Å²) in [7, 11) is 0. The van der Waals surface area contributed by atoms with Gasteiger partial charge in [0.25, 0.3) is 0 Å². The van der Waals surface area contributed by atoms with Gasteiger partial charge in [-0.15, -0.1) is 0 Å². The van der Waals surface area contributed by atoms with Crippen molar-refractivity contribution in [3.63, 3.8) is 0 Å². The Balaban J connectivity index is 2.00. The van der Waals surface area contributed by atoms with Crippen molar-refractivity contribution in [1.29, 1.82) is 0 Å². The van der Waals surface area contributed by atoms with Crippen molar-refractivity contribution in [1.82, 2.24) is 4.90 Å². The highest BCUT2D eigenvalue weighted by molar-refractivity contribution is 6.41. The summed E-state index contributed by atoms with van der Waals surface area (Å²) in [6.45, 7) is 8.42. The Morgan fingerprint density at radius 2 is 1.92 bits per heavy atom. The summed E-state index contributed by atoms with van der Waals surface area (Å²) in [5.41, 5.74) is 0.181. The molecule has 1 aliphatic heterocycles. The van der Waals surface area contributed by atoms with Gasteiger partial charge in [-0.2, -0.15) is 0 Å². The van der Waals surface area contributed by atoms with Crippen LogP contribution < -0.4 is 5.32 Å². The topological polar surface area (TPSA) is 41.6 Å². The Bertz CT molecular complexity index is 608. The number of halogens is 3. The van der Waals surface area contributed by atoms with Crippen LogP contribution in [0.4, 0.5) is 10.5 Å². The standard InChI is InChI=1S/C18H25Cl3N2O2/c1-11(22-16-14(20)9-12(19)10-15(16)21)8-13-6-5-7-23(13)17(24)25-18(2,3)4/h9-11,13,22H,5-8H2,1-4H3. The zero-order valence-corrected chi connectivity index (χ0v) is 17.3. The maximum absolute atomic E-state index is 12.4. The molecule has 4 nitrogen and oxygen atoms in total. The number of amides is 1. The molecule has 0 spiro atoms. The Hall–Kier alpha value is -0.840. The number of hydrogen-bond donors (Lipinski definition) is 1. The molecule has 1 aromatic carbocycles. The van der Waals surface area contributed by atoms with E-state index in [2.05, 4.69) is 5.32 Å². The van der Waals surface area contributed by atoms with Gasteiger partial charge in [0, 0.05) is 23.7 Å². The zero-order chi connectivity index (χ0) is 18.8. The van der Waals surface area contributed by atoms with Gasteiger partial charge in [-0.1, -0.05) is 34.8 Å². The average Bonchev–Trinajstić information content (AvgIpc) is 2.89. The van der Waals surface area contributed by atoms with E-state index in [1.54, 1.807) is 12.1 Å². The molecular weight excluding hydrogens is 383 g/mol. The van der Waals surface area contributed by atoms with Crippen LogP contribution in [-0.4, -0.2) is 35.2 Å². The molecule has 0 aliphatic carbocycles. The molecule has 1 amide bonds. The minimum atomic E-state index is -0.488. The van der Waals surface area contributed by atoms with Crippen molar-refractivity contribution in [2.75, 3.05) is 11.9 Å². The van der Waals surface area contributed by atoms with Gasteiger partial charge in [0.1, 0.15) is 5.60 Å². The molecular formula is C18H25Cl3N2O2. The van der Waals surface area contributed by atoms with Gasteiger partial charge in [0.05, 0.1) is 15.7 Å². The maximum atomic E-state index is 12.4. The first-order valence-corrected chi connectivity index (χ1v) is 9.61. The summed E-state index contributed by atoms with van der Waals surface area (Å²) in [6.07, 6.45) is 2.49. The Morgan fingerprint density at radius 1 is 1.32 bits per heavy atom. The van der Waals surface area contributed by atoms with Crippen molar-refractivity contribution >= 4 is 46.6 Å². The van der Waals surface area contributed by atoms with Crippen LogP contribution in [0, 0.1) is 0 Å². The molecule has 0 bridgehead atoms. The van der Waals surface area contributed by atoms with Crippen LogP contribution in [0.3, 0.4) is 0 Å². The molecule has 140 valence electrons. The van der Waals surface area contributed by atoms with Gasteiger partial charge in [0.2, 0.25) is 0 Å². The monoisotopic (exact) mass is 406 g/mol. The minimum Gasteiger partial charge on any atom is -0.444 e. The van der Waals surface area contributed by atoms with Crippen molar-refractivity contribution in [2.45, 2.75) is 64.6 Å². The molecule has 0 radical (unpaired) electrons. The normalized spacial score (nSPS) is 19.0. The van der Waals surface area contributed by atoms with E-state index >= 15 is 0 Å². The lowest BCUT2D eigenvalue weighted by atomic mass is 10.1. The van der Waals surface area contributed by atoms with Crippen LogP contribution in [-0.2, 0) is 4.74 Å². The first-order chi connectivity index (χ1) is 11.6. The second kappa shape index (κ2) is 8.24. The second-order valence-corrected chi connectivity index (χ2v) is 8.75. The number of rotatable bonds is 4. The zero-order valence-electron chi connectivity index (χ0n) is 15.0. The van der Waals surface area contributed by atoms with Gasteiger partial charge in [-0.3, -0.25) is 0 Å². The van der Waals surface area contributed by atoms with Gasteiger partial charge in [0.15, 0.2) is 0 Å². The molecule has 0 aromatic heterocycles. The summed E-state index contributed by atoms with van der Waals surface area (Å²) in [6, 6.07) is 3.55. The molecule has 1 N–H and O–H groups in total. The number of nitrogens with one attached hydrogen (secondary N) is 1. The van der Waals surface area contributed by atoms with Crippen LogP contribution in [0.1, 0.15) is 47.0 Å². The largest absolute Gasteiger partial charge is 0.444 e. The maximum Gasteiger partial charge on any atom is 0.410 e. The fourth-order valence-corrected chi connectivity index (χ4v) is 3.96. The highest BCUT2D eigenvalue weighted by atomic mass is 35.5. The Kier molecular flexibility index (Phi) is 6.74. The molecule has 1 aliphatic rings. The highest BCUT2D eigenvalue weighted by Crippen LogP contribution is 2.35. The number of likely N-dealkylation sites (tertiary alicyclic amines) is 1. The van der Waals surface area contributed by atoms with E-state index in [0.29, 0.717) is 20.8 Å². The number of nitrogens with zero attached hydrogens (tertiary/aromatic N) is 1. The molecule has 1 heterocycles. The van der Waals surface area contributed by atoms with Gasteiger partial charge < -0.3 is 15.0 Å². The first kappa shape index (κ1) is 20.5. The smallest absolute Gasteiger partial charge is 0.410 e. The van der Waals surface area contributed by atoms with Crippen LogP contribution >= 0.6 is 34.8 Å². The SMILES string of the molecule is CC(CC1CCCN1C(=O)OC(C)(C)C)Nc1c(Cl)cc(Cl)cc1Cl. The second-order valence-electron chi connectivity index (χ2n) is 7.50. The highest BCUT2D eigenvalue weighted by Gasteiger charge is 2.33. The van der Waals surface area contributed by atoms with Gasteiger partial charge in [-0.05, 0) is 59.1 Å². The van der Waals surface area contributed by atoms with E-state index in [0.717, 1.165) is 25.8 Å². The third kappa shape index (κ3) is 5.83. The van der Waals surface area contributed by atoms with Crippen molar-refractivity contribution < 1.29 is 9.53 Å². The molecule has 2 unspecified atom stereocenters. The predicted octanol–water partition coefficient (Wildman–Crippen LogP) is 6.24. The van der Waals surface area contributed by atoms with E-state index in [1.807, 2.05) is 32.6 Å². The number of benzene rings is 1. The molecule has 1 saturated heterocycles. The van der Waals surface area contributed by atoms with Gasteiger partial charge in [-0.25, -0.2) is 4.79 Å². The molecule has 1 fully saturated rings. The van der Waals surface area contributed by atoms with Crippen molar-refractivity contribution in [3.05, 3.63) is 27.2 Å². The van der Waals surface area contributed by atoms with E-state index in [4.69, 9.17) is 39.5 Å². The molecule has 0 saturated carbocycles. The molecule has 2 atom stereocenters. The number of ether oxygens (including phenoxy) is 1. The summed E-state index contributed by atoms with van der Waals surface area (Å²) in [4.78, 5) is 14.2. The fraction of sp³-hybridized carbons (Fsp3) is 0.611.